The molecule has 0 radical (unpaired) electrons. The third kappa shape index (κ3) is 6.37. The fourth-order valence-electron chi connectivity index (χ4n) is 1.90. The van der Waals surface area contributed by atoms with Gasteiger partial charge in [-0.3, -0.25) is 0 Å². The maximum Gasteiger partial charge on any atom is 0.122 e. The van der Waals surface area contributed by atoms with E-state index in [-0.39, 0.29) is 12.6 Å². The maximum absolute atomic E-state index is 9.90. The number of aryl methyl sites for hydroxylation is 2. The molecular weight excluding hydrogens is 254 g/mol. The van der Waals surface area contributed by atoms with E-state index in [1.165, 1.54) is 5.56 Å². The average molecular weight is 281 g/mol. The van der Waals surface area contributed by atoms with Gasteiger partial charge in [0, 0.05) is 19.2 Å². The van der Waals surface area contributed by atoms with Crippen molar-refractivity contribution in [2.45, 2.75) is 39.8 Å². The van der Waals surface area contributed by atoms with E-state index in [9.17, 15) is 5.11 Å². The number of benzene rings is 1. The number of nitrogens with one attached hydrogen (secondary N) is 1. The molecule has 20 heavy (non-hydrogen) atoms. The lowest BCUT2D eigenvalue weighted by atomic mass is 10.1. The fourth-order valence-corrected chi connectivity index (χ4v) is 1.90. The van der Waals surface area contributed by atoms with Crippen molar-refractivity contribution in [2.24, 2.45) is 0 Å². The minimum atomic E-state index is -0.528. The van der Waals surface area contributed by atoms with E-state index in [1.54, 1.807) is 0 Å². The SMILES string of the molecule is CCOCC(C)NCC(O)COc1ccc(C)cc1C. The molecule has 0 aliphatic carbocycles. The number of rotatable bonds is 9. The molecule has 114 valence electrons. The van der Waals surface area contributed by atoms with Crippen molar-refractivity contribution in [2.75, 3.05) is 26.4 Å². The summed E-state index contributed by atoms with van der Waals surface area (Å²) in [5, 5.41) is 13.1. The molecule has 1 aromatic rings. The second-order valence-electron chi connectivity index (χ2n) is 5.20. The van der Waals surface area contributed by atoms with Gasteiger partial charge in [0.1, 0.15) is 18.5 Å². The average Bonchev–Trinajstić information content (AvgIpc) is 2.41. The van der Waals surface area contributed by atoms with Crippen LogP contribution in [0.4, 0.5) is 0 Å². The van der Waals surface area contributed by atoms with E-state index in [0.717, 1.165) is 11.3 Å². The van der Waals surface area contributed by atoms with Gasteiger partial charge in [-0.2, -0.15) is 0 Å². The van der Waals surface area contributed by atoms with Crippen LogP contribution in [-0.2, 0) is 4.74 Å². The van der Waals surface area contributed by atoms with E-state index >= 15 is 0 Å². The highest BCUT2D eigenvalue weighted by Gasteiger charge is 2.09. The van der Waals surface area contributed by atoms with Crippen molar-refractivity contribution in [3.63, 3.8) is 0 Å². The lowest BCUT2D eigenvalue weighted by molar-refractivity contribution is 0.0905. The number of hydrogen-bond acceptors (Lipinski definition) is 4. The summed E-state index contributed by atoms with van der Waals surface area (Å²) >= 11 is 0. The van der Waals surface area contributed by atoms with Crippen LogP contribution in [0.5, 0.6) is 5.75 Å². The standard InChI is InChI=1S/C16H27NO3/c1-5-19-10-14(4)17-9-15(18)11-20-16-7-6-12(2)8-13(16)3/h6-8,14-15,17-18H,5,9-11H2,1-4H3. The first-order valence-electron chi connectivity index (χ1n) is 7.22. The van der Waals surface area contributed by atoms with E-state index in [4.69, 9.17) is 9.47 Å². The Hall–Kier alpha value is -1.10. The monoisotopic (exact) mass is 281 g/mol. The van der Waals surface area contributed by atoms with Gasteiger partial charge in [0.15, 0.2) is 0 Å². The summed E-state index contributed by atoms with van der Waals surface area (Å²) in [7, 11) is 0. The largest absolute Gasteiger partial charge is 0.491 e. The van der Waals surface area contributed by atoms with Crippen LogP contribution in [0.2, 0.25) is 0 Å². The Balaban J connectivity index is 2.27. The zero-order valence-electron chi connectivity index (χ0n) is 13.0. The Morgan fingerprint density at radius 3 is 2.65 bits per heavy atom. The summed E-state index contributed by atoms with van der Waals surface area (Å²) in [6.07, 6.45) is -0.528. The second-order valence-corrected chi connectivity index (χ2v) is 5.20. The molecule has 0 fully saturated rings. The molecule has 1 aromatic carbocycles. The van der Waals surface area contributed by atoms with E-state index in [0.29, 0.717) is 19.8 Å². The fraction of sp³-hybridized carbons (Fsp3) is 0.625. The van der Waals surface area contributed by atoms with Gasteiger partial charge in [-0.15, -0.1) is 0 Å². The molecule has 4 heteroatoms. The molecule has 0 aliphatic heterocycles. The van der Waals surface area contributed by atoms with Gasteiger partial charge in [-0.1, -0.05) is 17.7 Å². The first kappa shape index (κ1) is 17.0. The van der Waals surface area contributed by atoms with E-state index in [2.05, 4.69) is 18.3 Å². The van der Waals surface area contributed by atoms with E-state index in [1.807, 2.05) is 32.9 Å². The van der Waals surface area contributed by atoms with Gasteiger partial charge in [0.05, 0.1) is 6.61 Å². The molecule has 2 unspecified atom stereocenters. The van der Waals surface area contributed by atoms with Crippen LogP contribution in [0.15, 0.2) is 18.2 Å². The van der Waals surface area contributed by atoms with Gasteiger partial charge < -0.3 is 19.9 Å². The van der Waals surface area contributed by atoms with Crippen molar-refractivity contribution in [1.82, 2.24) is 5.32 Å². The topological polar surface area (TPSA) is 50.7 Å². The lowest BCUT2D eigenvalue weighted by Gasteiger charge is -2.18. The Morgan fingerprint density at radius 2 is 2.00 bits per heavy atom. The van der Waals surface area contributed by atoms with Crippen LogP contribution in [0.25, 0.3) is 0 Å². The van der Waals surface area contributed by atoms with Crippen molar-refractivity contribution >= 4 is 0 Å². The molecule has 0 heterocycles. The molecule has 2 N–H and O–H groups in total. The minimum Gasteiger partial charge on any atom is -0.491 e. The molecule has 2 atom stereocenters. The van der Waals surface area contributed by atoms with Gasteiger partial charge in [0.25, 0.3) is 0 Å². The zero-order chi connectivity index (χ0) is 15.0. The van der Waals surface area contributed by atoms with E-state index < -0.39 is 6.10 Å². The number of ether oxygens (including phenoxy) is 2. The Bertz CT molecular complexity index is 395. The summed E-state index contributed by atoms with van der Waals surface area (Å²) < 4.78 is 11.0. The summed E-state index contributed by atoms with van der Waals surface area (Å²) in [6, 6.07) is 6.26. The maximum atomic E-state index is 9.90. The third-order valence-electron chi connectivity index (χ3n) is 3.04. The molecule has 1 rings (SSSR count). The highest BCUT2D eigenvalue weighted by Crippen LogP contribution is 2.18. The first-order valence-corrected chi connectivity index (χ1v) is 7.22. The second kappa shape index (κ2) is 8.95. The molecule has 0 aliphatic rings. The van der Waals surface area contributed by atoms with Crippen LogP contribution in [-0.4, -0.2) is 43.6 Å². The molecule has 0 saturated heterocycles. The summed E-state index contributed by atoms with van der Waals surface area (Å²) in [6.45, 7) is 10.2. The van der Waals surface area contributed by atoms with Crippen LogP contribution < -0.4 is 10.1 Å². The predicted molar refractivity (Wildman–Crippen MR) is 81.4 cm³/mol. The smallest absolute Gasteiger partial charge is 0.122 e. The Kier molecular flexibility index (Phi) is 7.59. The number of hydrogen-bond donors (Lipinski definition) is 2. The van der Waals surface area contributed by atoms with Gasteiger partial charge >= 0.3 is 0 Å². The molecular formula is C16H27NO3. The highest BCUT2D eigenvalue weighted by atomic mass is 16.5. The molecule has 4 nitrogen and oxygen atoms in total. The van der Waals surface area contributed by atoms with Crippen LogP contribution in [0.1, 0.15) is 25.0 Å². The quantitative estimate of drug-likeness (QED) is 0.727. The predicted octanol–water partition coefficient (Wildman–Crippen LogP) is 2.06. The molecule has 0 aromatic heterocycles. The number of aliphatic hydroxyl groups excluding tert-OH is 1. The van der Waals surface area contributed by atoms with Gasteiger partial charge in [-0.25, -0.2) is 0 Å². The molecule has 0 amide bonds. The van der Waals surface area contributed by atoms with Crippen molar-refractivity contribution in [1.29, 1.82) is 0 Å². The zero-order valence-corrected chi connectivity index (χ0v) is 13.0. The molecule has 0 spiro atoms. The van der Waals surface area contributed by atoms with Gasteiger partial charge in [-0.05, 0) is 39.3 Å². The lowest BCUT2D eigenvalue weighted by Crippen LogP contribution is -2.38. The van der Waals surface area contributed by atoms with Gasteiger partial charge in [0.2, 0.25) is 0 Å². The Labute approximate surface area is 122 Å². The molecule has 0 bridgehead atoms. The molecule has 0 saturated carbocycles. The minimum absolute atomic E-state index is 0.228. The first-order chi connectivity index (χ1) is 9.52. The Morgan fingerprint density at radius 1 is 1.25 bits per heavy atom. The van der Waals surface area contributed by atoms with Crippen LogP contribution in [0.3, 0.4) is 0 Å². The third-order valence-corrected chi connectivity index (χ3v) is 3.04. The normalized spacial score (nSPS) is 14.1. The van der Waals surface area contributed by atoms with Crippen molar-refractivity contribution in [3.8, 4) is 5.75 Å². The highest BCUT2D eigenvalue weighted by molar-refractivity contribution is 5.35. The summed E-state index contributed by atoms with van der Waals surface area (Å²) in [5.74, 6) is 0.831. The summed E-state index contributed by atoms with van der Waals surface area (Å²) in [4.78, 5) is 0. The van der Waals surface area contributed by atoms with Crippen LogP contribution >= 0.6 is 0 Å². The summed E-state index contributed by atoms with van der Waals surface area (Å²) in [5.41, 5.74) is 2.30. The van der Waals surface area contributed by atoms with Crippen molar-refractivity contribution < 1.29 is 14.6 Å². The van der Waals surface area contributed by atoms with Crippen LogP contribution in [0, 0.1) is 13.8 Å². The number of aliphatic hydroxyl groups is 1. The van der Waals surface area contributed by atoms with Crippen molar-refractivity contribution in [3.05, 3.63) is 29.3 Å².